The molecule has 0 unspecified atom stereocenters. The third-order valence-corrected chi connectivity index (χ3v) is 4.73. The van der Waals surface area contributed by atoms with Gasteiger partial charge in [0.2, 0.25) is 5.91 Å². The molecule has 0 radical (unpaired) electrons. The monoisotopic (exact) mass is 341 g/mol. The summed E-state index contributed by atoms with van der Waals surface area (Å²) < 4.78 is 13.2. The lowest BCUT2D eigenvalue weighted by molar-refractivity contribution is -0.139. The Labute approximate surface area is 148 Å². The van der Waals surface area contributed by atoms with Gasteiger partial charge in [-0.3, -0.25) is 14.7 Å². The fourth-order valence-electron chi connectivity index (χ4n) is 3.31. The largest absolute Gasteiger partial charge is 0.331 e. The molecule has 0 saturated carbocycles. The van der Waals surface area contributed by atoms with Gasteiger partial charge in [0.15, 0.2) is 0 Å². The molecule has 1 aromatic heterocycles. The number of rotatable bonds is 5. The van der Waals surface area contributed by atoms with Crippen LogP contribution < -0.4 is 0 Å². The van der Waals surface area contributed by atoms with E-state index in [2.05, 4.69) is 9.88 Å². The highest BCUT2D eigenvalue weighted by molar-refractivity contribution is 5.82. The fourth-order valence-corrected chi connectivity index (χ4v) is 3.31. The van der Waals surface area contributed by atoms with Crippen LogP contribution in [0.2, 0.25) is 0 Å². The Morgan fingerprint density at radius 2 is 2.00 bits per heavy atom. The third-order valence-electron chi connectivity index (χ3n) is 4.73. The molecule has 25 heavy (non-hydrogen) atoms. The van der Waals surface area contributed by atoms with Gasteiger partial charge in [-0.25, -0.2) is 4.39 Å². The van der Waals surface area contributed by atoms with Crippen LogP contribution in [0.15, 0.2) is 48.7 Å². The molecule has 0 N–H and O–H groups in total. The SMILES string of the molecule is CN1CCCC[C@@H]1C(=O)N(Cc1ccc(F)cc1)Cc1ccccn1. The number of likely N-dealkylation sites (N-methyl/N-ethyl adjacent to an activating group) is 1. The summed E-state index contributed by atoms with van der Waals surface area (Å²) in [5.41, 5.74) is 1.78. The minimum atomic E-state index is -0.265. The number of benzene rings is 1. The molecule has 0 bridgehead atoms. The second-order valence-corrected chi connectivity index (χ2v) is 6.63. The van der Waals surface area contributed by atoms with E-state index >= 15 is 0 Å². The average molecular weight is 341 g/mol. The molecule has 0 aliphatic carbocycles. The molecular weight excluding hydrogens is 317 g/mol. The first-order chi connectivity index (χ1) is 12.1. The number of nitrogens with zero attached hydrogens (tertiary/aromatic N) is 3. The van der Waals surface area contributed by atoms with Gasteiger partial charge in [-0.15, -0.1) is 0 Å². The Morgan fingerprint density at radius 3 is 2.68 bits per heavy atom. The lowest BCUT2D eigenvalue weighted by atomic mass is 10.0. The van der Waals surface area contributed by atoms with Crippen molar-refractivity contribution in [3.05, 3.63) is 65.7 Å². The highest BCUT2D eigenvalue weighted by Gasteiger charge is 2.30. The maximum atomic E-state index is 13.2. The Bertz CT molecular complexity index is 690. The number of carbonyl (C=O) groups excluding carboxylic acids is 1. The van der Waals surface area contributed by atoms with E-state index in [0.717, 1.165) is 37.1 Å². The van der Waals surface area contributed by atoms with E-state index in [0.29, 0.717) is 13.1 Å². The van der Waals surface area contributed by atoms with Crippen molar-refractivity contribution in [2.45, 2.75) is 38.4 Å². The number of carbonyl (C=O) groups is 1. The predicted molar refractivity (Wildman–Crippen MR) is 95.2 cm³/mol. The molecule has 1 atom stereocenters. The molecule has 1 amide bonds. The van der Waals surface area contributed by atoms with Gasteiger partial charge >= 0.3 is 0 Å². The number of likely N-dealkylation sites (tertiary alicyclic amines) is 1. The number of hydrogen-bond acceptors (Lipinski definition) is 3. The van der Waals surface area contributed by atoms with Crippen molar-refractivity contribution in [1.82, 2.24) is 14.8 Å². The standard InChI is InChI=1S/C20H24FN3O/c1-23-13-5-3-7-19(23)20(25)24(15-18-6-2-4-12-22-18)14-16-8-10-17(21)11-9-16/h2,4,6,8-12,19H,3,5,7,13-15H2,1H3/t19-/m1/s1. The molecule has 1 aliphatic rings. The van der Waals surface area contributed by atoms with Crippen molar-refractivity contribution in [3.63, 3.8) is 0 Å². The number of piperidine rings is 1. The minimum absolute atomic E-state index is 0.0853. The third kappa shape index (κ3) is 4.63. The molecule has 132 valence electrons. The van der Waals surface area contributed by atoms with E-state index < -0.39 is 0 Å². The molecule has 5 heteroatoms. The van der Waals surface area contributed by atoms with Gasteiger partial charge in [-0.1, -0.05) is 24.6 Å². The first-order valence-electron chi connectivity index (χ1n) is 8.77. The summed E-state index contributed by atoms with van der Waals surface area (Å²) in [5.74, 6) is -0.143. The number of hydrogen-bond donors (Lipinski definition) is 0. The summed E-state index contributed by atoms with van der Waals surface area (Å²) in [6.07, 6.45) is 4.84. The van der Waals surface area contributed by atoms with Gasteiger partial charge in [0.25, 0.3) is 0 Å². The summed E-state index contributed by atoms with van der Waals surface area (Å²) in [7, 11) is 2.01. The summed E-state index contributed by atoms with van der Waals surface area (Å²) in [6, 6.07) is 12.0. The van der Waals surface area contributed by atoms with E-state index in [1.54, 1.807) is 18.3 Å². The average Bonchev–Trinajstić information content (AvgIpc) is 2.64. The van der Waals surface area contributed by atoms with Crippen molar-refractivity contribution >= 4 is 5.91 Å². The van der Waals surface area contributed by atoms with Gasteiger partial charge < -0.3 is 4.90 Å². The van der Waals surface area contributed by atoms with Crippen LogP contribution in [0.5, 0.6) is 0 Å². The Hall–Kier alpha value is -2.27. The van der Waals surface area contributed by atoms with E-state index in [4.69, 9.17) is 0 Å². The zero-order valence-corrected chi connectivity index (χ0v) is 14.6. The van der Waals surface area contributed by atoms with Crippen molar-refractivity contribution in [2.75, 3.05) is 13.6 Å². The van der Waals surface area contributed by atoms with Crippen LogP contribution in [-0.4, -0.2) is 40.3 Å². The fraction of sp³-hybridized carbons (Fsp3) is 0.400. The molecule has 2 aromatic rings. The van der Waals surface area contributed by atoms with Crippen LogP contribution in [0.3, 0.4) is 0 Å². The highest BCUT2D eigenvalue weighted by Crippen LogP contribution is 2.20. The van der Waals surface area contributed by atoms with E-state index in [-0.39, 0.29) is 17.8 Å². The van der Waals surface area contributed by atoms with Crippen LogP contribution in [0.1, 0.15) is 30.5 Å². The quantitative estimate of drug-likeness (QED) is 0.838. The lowest BCUT2D eigenvalue weighted by Crippen LogP contribution is -2.48. The van der Waals surface area contributed by atoms with E-state index in [1.165, 1.54) is 12.1 Å². The van der Waals surface area contributed by atoms with Crippen LogP contribution in [-0.2, 0) is 17.9 Å². The molecule has 1 fully saturated rings. The molecule has 1 aliphatic heterocycles. The van der Waals surface area contributed by atoms with Crippen LogP contribution >= 0.6 is 0 Å². The molecular formula is C20H24FN3O. The second kappa shape index (κ2) is 8.21. The number of pyridine rings is 1. The van der Waals surface area contributed by atoms with Crippen LogP contribution in [0.4, 0.5) is 4.39 Å². The molecule has 1 saturated heterocycles. The smallest absolute Gasteiger partial charge is 0.240 e. The van der Waals surface area contributed by atoms with Gasteiger partial charge in [-0.2, -0.15) is 0 Å². The van der Waals surface area contributed by atoms with Gasteiger partial charge in [0.1, 0.15) is 5.82 Å². The predicted octanol–water partition coefficient (Wildman–Crippen LogP) is 3.23. The maximum Gasteiger partial charge on any atom is 0.240 e. The van der Waals surface area contributed by atoms with Crippen molar-refractivity contribution in [1.29, 1.82) is 0 Å². The van der Waals surface area contributed by atoms with Crippen molar-refractivity contribution < 1.29 is 9.18 Å². The summed E-state index contributed by atoms with van der Waals surface area (Å²) >= 11 is 0. The summed E-state index contributed by atoms with van der Waals surface area (Å²) in [6.45, 7) is 1.87. The second-order valence-electron chi connectivity index (χ2n) is 6.63. The van der Waals surface area contributed by atoms with Gasteiger partial charge in [0.05, 0.1) is 18.3 Å². The van der Waals surface area contributed by atoms with E-state index in [9.17, 15) is 9.18 Å². The molecule has 2 heterocycles. The summed E-state index contributed by atoms with van der Waals surface area (Å²) in [5, 5.41) is 0. The first kappa shape index (κ1) is 17.5. The first-order valence-corrected chi connectivity index (χ1v) is 8.77. The molecule has 1 aromatic carbocycles. The number of amides is 1. The zero-order chi connectivity index (χ0) is 17.6. The Morgan fingerprint density at radius 1 is 1.20 bits per heavy atom. The summed E-state index contributed by atoms with van der Waals surface area (Å²) in [4.78, 5) is 21.5. The Balaban J connectivity index is 1.79. The number of aromatic nitrogens is 1. The molecule has 4 nitrogen and oxygen atoms in total. The minimum Gasteiger partial charge on any atom is -0.331 e. The van der Waals surface area contributed by atoms with Gasteiger partial charge in [0, 0.05) is 12.7 Å². The van der Waals surface area contributed by atoms with Gasteiger partial charge in [-0.05, 0) is 56.3 Å². The zero-order valence-electron chi connectivity index (χ0n) is 14.6. The number of halogens is 1. The lowest BCUT2D eigenvalue weighted by Gasteiger charge is -2.35. The molecule has 0 spiro atoms. The topological polar surface area (TPSA) is 36.4 Å². The van der Waals surface area contributed by atoms with Crippen molar-refractivity contribution in [2.24, 2.45) is 0 Å². The van der Waals surface area contributed by atoms with Crippen LogP contribution in [0.25, 0.3) is 0 Å². The molecule has 3 rings (SSSR count). The highest BCUT2D eigenvalue weighted by atomic mass is 19.1. The van der Waals surface area contributed by atoms with Crippen molar-refractivity contribution in [3.8, 4) is 0 Å². The Kier molecular flexibility index (Phi) is 5.76. The van der Waals surface area contributed by atoms with E-state index in [1.807, 2.05) is 30.1 Å². The maximum absolute atomic E-state index is 13.2. The van der Waals surface area contributed by atoms with Crippen LogP contribution in [0, 0.1) is 5.82 Å². The normalized spacial score (nSPS) is 18.1.